The highest BCUT2D eigenvalue weighted by Crippen LogP contribution is 2.25. The van der Waals surface area contributed by atoms with Gasteiger partial charge in [-0.15, -0.1) is 0 Å². The Morgan fingerprint density at radius 1 is 1.47 bits per heavy atom. The zero-order chi connectivity index (χ0) is 10.7. The minimum atomic E-state index is 0.660. The number of aromatic nitrogens is 2. The monoisotopic (exact) mass is 285 g/mol. The van der Waals surface area contributed by atoms with Crippen LogP contribution >= 0.6 is 27.5 Å². The van der Waals surface area contributed by atoms with Crippen LogP contribution in [0.1, 0.15) is 5.82 Å². The Kier molecular flexibility index (Phi) is 3.28. The third kappa shape index (κ3) is 2.73. The second-order valence-electron chi connectivity index (χ2n) is 3.01. The predicted octanol–water partition coefficient (Wildman–Crippen LogP) is 3.44. The van der Waals surface area contributed by atoms with E-state index in [0.29, 0.717) is 11.6 Å². The molecule has 2 aromatic rings. The number of nitrogens with zero attached hydrogens (tertiary/aromatic N) is 1. The van der Waals surface area contributed by atoms with Gasteiger partial charge in [0.15, 0.2) is 0 Å². The summed E-state index contributed by atoms with van der Waals surface area (Å²) < 4.78 is 0.946. The van der Waals surface area contributed by atoms with E-state index in [1.54, 1.807) is 12.4 Å². The molecule has 0 saturated heterocycles. The highest BCUT2D eigenvalue weighted by molar-refractivity contribution is 9.10. The molecule has 0 aliphatic heterocycles. The molecule has 1 aromatic heterocycles. The Bertz CT molecular complexity index is 442. The summed E-state index contributed by atoms with van der Waals surface area (Å²) in [5.74, 6) is 0.900. The van der Waals surface area contributed by atoms with E-state index in [2.05, 4.69) is 31.2 Å². The molecule has 0 unspecified atom stereocenters. The Labute approximate surface area is 101 Å². The van der Waals surface area contributed by atoms with Gasteiger partial charge in [0, 0.05) is 27.6 Å². The van der Waals surface area contributed by atoms with E-state index < -0.39 is 0 Å². The molecule has 0 spiro atoms. The molecule has 2 rings (SSSR count). The summed E-state index contributed by atoms with van der Waals surface area (Å²) in [6.07, 6.45) is 3.53. The van der Waals surface area contributed by atoms with Crippen LogP contribution in [0.3, 0.4) is 0 Å². The highest BCUT2D eigenvalue weighted by atomic mass is 79.9. The fourth-order valence-corrected chi connectivity index (χ4v) is 2.03. The van der Waals surface area contributed by atoms with Crippen LogP contribution in [0.2, 0.25) is 5.02 Å². The molecule has 1 heterocycles. The van der Waals surface area contributed by atoms with E-state index in [-0.39, 0.29) is 0 Å². The van der Waals surface area contributed by atoms with Gasteiger partial charge in [-0.1, -0.05) is 11.6 Å². The molecule has 0 amide bonds. The van der Waals surface area contributed by atoms with Crippen molar-refractivity contribution in [2.45, 2.75) is 6.54 Å². The van der Waals surface area contributed by atoms with Crippen molar-refractivity contribution in [3.05, 3.63) is 45.9 Å². The number of nitrogens with one attached hydrogen (secondary N) is 2. The topological polar surface area (TPSA) is 40.7 Å². The summed E-state index contributed by atoms with van der Waals surface area (Å²) in [7, 11) is 0. The van der Waals surface area contributed by atoms with Gasteiger partial charge < -0.3 is 10.3 Å². The van der Waals surface area contributed by atoms with Gasteiger partial charge in [0.1, 0.15) is 5.82 Å². The summed E-state index contributed by atoms with van der Waals surface area (Å²) in [5, 5.41) is 3.96. The summed E-state index contributed by atoms with van der Waals surface area (Å²) >= 11 is 9.27. The first-order valence-electron chi connectivity index (χ1n) is 4.43. The average molecular weight is 287 g/mol. The summed E-state index contributed by atoms with van der Waals surface area (Å²) in [4.78, 5) is 7.14. The molecule has 1 aromatic carbocycles. The number of anilines is 1. The van der Waals surface area contributed by atoms with E-state index in [1.165, 1.54) is 0 Å². The van der Waals surface area contributed by atoms with Crippen molar-refractivity contribution in [2.24, 2.45) is 0 Å². The van der Waals surface area contributed by atoms with Crippen molar-refractivity contribution in [3.8, 4) is 0 Å². The molecule has 0 aliphatic rings. The van der Waals surface area contributed by atoms with E-state index in [4.69, 9.17) is 11.6 Å². The van der Waals surface area contributed by atoms with Crippen molar-refractivity contribution in [3.63, 3.8) is 0 Å². The summed E-state index contributed by atoms with van der Waals surface area (Å²) in [5.41, 5.74) is 0.996. The Hall–Kier alpha value is -1.00. The van der Waals surface area contributed by atoms with Gasteiger partial charge in [-0.25, -0.2) is 4.98 Å². The van der Waals surface area contributed by atoms with Crippen LogP contribution in [0, 0.1) is 0 Å². The minimum absolute atomic E-state index is 0.660. The lowest BCUT2D eigenvalue weighted by Crippen LogP contribution is -2.01. The molecular formula is C10H9BrClN3. The maximum absolute atomic E-state index is 5.84. The van der Waals surface area contributed by atoms with Crippen LogP contribution in [0.25, 0.3) is 0 Å². The number of H-pyrrole nitrogens is 1. The lowest BCUT2D eigenvalue weighted by Gasteiger charge is -2.06. The van der Waals surface area contributed by atoms with Crippen LogP contribution in [0.5, 0.6) is 0 Å². The lowest BCUT2D eigenvalue weighted by molar-refractivity contribution is 0.999. The van der Waals surface area contributed by atoms with Crippen LogP contribution in [0.4, 0.5) is 5.69 Å². The number of aromatic amines is 1. The lowest BCUT2D eigenvalue weighted by atomic mass is 10.3. The summed E-state index contributed by atoms with van der Waals surface area (Å²) in [6.45, 7) is 0.660. The van der Waals surface area contributed by atoms with Gasteiger partial charge in [-0.2, -0.15) is 0 Å². The molecule has 3 nitrogen and oxygen atoms in total. The smallest absolute Gasteiger partial charge is 0.125 e. The molecule has 0 atom stereocenters. The van der Waals surface area contributed by atoms with Gasteiger partial charge >= 0.3 is 0 Å². The number of imidazole rings is 1. The number of rotatable bonds is 3. The number of halogens is 2. The number of hydrogen-bond donors (Lipinski definition) is 2. The van der Waals surface area contributed by atoms with Gasteiger partial charge in [0.05, 0.1) is 6.54 Å². The second-order valence-corrected chi connectivity index (χ2v) is 4.30. The molecule has 78 valence electrons. The fourth-order valence-electron chi connectivity index (χ4n) is 1.21. The van der Waals surface area contributed by atoms with E-state index in [0.717, 1.165) is 16.0 Å². The third-order valence-corrected chi connectivity index (χ3v) is 2.82. The normalized spacial score (nSPS) is 10.3. The molecule has 0 fully saturated rings. The second kappa shape index (κ2) is 4.68. The number of benzene rings is 1. The molecule has 15 heavy (non-hydrogen) atoms. The van der Waals surface area contributed by atoms with Crippen molar-refractivity contribution in [1.82, 2.24) is 9.97 Å². The van der Waals surface area contributed by atoms with E-state index in [9.17, 15) is 0 Å². The first-order chi connectivity index (χ1) is 7.25. The molecule has 0 bridgehead atoms. The molecule has 0 saturated carbocycles. The van der Waals surface area contributed by atoms with Crippen LogP contribution in [0.15, 0.2) is 35.1 Å². The van der Waals surface area contributed by atoms with Crippen molar-refractivity contribution in [1.29, 1.82) is 0 Å². The first-order valence-corrected chi connectivity index (χ1v) is 5.60. The quantitative estimate of drug-likeness (QED) is 0.907. The molecule has 2 N–H and O–H groups in total. The minimum Gasteiger partial charge on any atom is -0.377 e. The molecule has 0 aliphatic carbocycles. The fraction of sp³-hybridized carbons (Fsp3) is 0.100. The molecule has 5 heteroatoms. The van der Waals surface area contributed by atoms with Gasteiger partial charge in [0.25, 0.3) is 0 Å². The van der Waals surface area contributed by atoms with E-state index in [1.807, 2.05) is 18.2 Å². The van der Waals surface area contributed by atoms with Gasteiger partial charge in [-0.3, -0.25) is 0 Å². The zero-order valence-electron chi connectivity index (χ0n) is 7.80. The van der Waals surface area contributed by atoms with Crippen molar-refractivity contribution >= 4 is 33.2 Å². The van der Waals surface area contributed by atoms with Crippen molar-refractivity contribution in [2.75, 3.05) is 5.32 Å². The maximum atomic E-state index is 5.84. The van der Waals surface area contributed by atoms with Crippen LogP contribution in [-0.2, 0) is 6.54 Å². The van der Waals surface area contributed by atoms with Crippen LogP contribution in [-0.4, -0.2) is 9.97 Å². The third-order valence-electron chi connectivity index (χ3n) is 1.93. The highest BCUT2D eigenvalue weighted by Gasteiger charge is 2.00. The standard InChI is InChI=1S/C10H9BrClN3/c11-8-5-7(12)1-2-9(8)15-6-10-13-3-4-14-10/h1-5,15H,6H2,(H,13,14). The van der Waals surface area contributed by atoms with Gasteiger partial charge in [0.2, 0.25) is 0 Å². The number of hydrogen-bond acceptors (Lipinski definition) is 2. The molecular weight excluding hydrogens is 277 g/mol. The Morgan fingerprint density at radius 2 is 2.33 bits per heavy atom. The van der Waals surface area contributed by atoms with Crippen molar-refractivity contribution < 1.29 is 0 Å². The SMILES string of the molecule is Clc1ccc(NCc2ncc[nH]2)c(Br)c1. The first kappa shape index (κ1) is 10.5. The maximum Gasteiger partial charge on any atom is 0.125 e. The Balaban J connectivity index is 2.05. The average Bonchev–Trinajstić information content (AvgIpc) is 2.69. The predicted molar refractivity (Wildman–Crippen MR) is 65.1 cm³/mol. The summed E-state index contributed by atoms with van der Waals surface area (Å²) in [6, 6.07) is 5.62. The van der Waals surface area contributed by atoms with E-state index >= 15 is 0 Å². The van der Waals surface area contributed by atoms with Crippen LogP contribution < -0.4 is 5.32 Å². The van der Waals surface area contributed by atoms with Gasteiger partial charge in [-0.05, 0) is 34.1 Å². The molecule has 0 radical (unpaired) electrons. The zero-order valence-corrected chi connectivity index (χ0v) is 10.1. The largest absolute Gasteiger partial charge is 0.377 e. The Morgan fingerprint density at radius 3 is 3.00 bits per heavy atom.